The smallest absolute Gasteiger partial charge is 0.182 e. The van der Waals surface area contributed by atoms with Crippen LogP contribution in [0.2, 0.25) is 0 Å². The Bertz CT molecular complexity index is 617. The molecule has 0 atom stereocenters. The van der Waals surface area contributed by atoms with Crippen LogP contribution < -0.4 is 21.3 Å². The fourth-order valence-corrected chi connectivity index (χ4v) is 3.86. The lowest BCUT2D eigenvalue weighted by atomic mass is 10.1. The van der Waals surface area contributed by atoms with Crippen molar-refractivity contribution in [1.29, 1.82) is 0 Å². The number of hydrogen-bond acceptors (Lipinski definition) is 7. The molecule has 2 heterocycles. The minimum absolute atomic E-state index is 0.821. The van der Waals surface area contributed by atoms with E-state index in [1.807, 2.05) is 11.6 Å². The molecule has 0 spiro atoms. The maximum Gasteiger partial charge on any atom is 0.182 e. The monoisotopic (exact) mass is 402 g/mol. The van der Waals surface area contributed by atoms with E-state index >= 15 is 0 Å². The van der Waals surface area contributed by atoms with Gasteiger partial charge in [-0.1, -0.05) is 24.3 Å². The van der Waals surface area contributed by atoms with Crippen molar-refractivity contribution >= 4 is 16.5 Å². The first-order valence-corrected chi connectivity index (χ1v) is 11.3. The summed E-state index contributed by atoms with van der Waals surface area (Å²) in [7, 11) is 0. The van der Waals surface area contributed by atoms with Gasteiger partial charge in [-0.25, -0.2) is 4.98 Å². The predicted octanol–water partition coefficient (Wildman–Crippen LogP) is 2.12. The highest BCUT2D eigenvalue weighted by atomic mass is 32.1. The number of thiazole rings is 1. The number of nitrogens with zero attached hydrogens (tertiary/aromatic N) is 2. The van der Waals surface area contributed by atoms with Gasteiger partial charge in [0.1, 0.15) is 0 Å². The first-order chi connectivity index (χ1) is 13.9. The lowest BCUT2D eigenvalue weighted by molar-refractivity contribution is 0.260. The molecule has 0 saturated carbocycles. The first kappa shape index (κ1) is 21.2. The van der Waals surface area contributed by atoms with Gasteiger partial charge in [0.05, 0.1) is 0 Å². The van der Waals surface area contributed by atoms with E-state index in [0.29, 0.717) is 0 Å². The summed E-state index contributed by atoms with van der Waals surface area (Å²) in [6.45, 7) is 10.5. The zero-order chi connectivity index (χ0) is 19.3. The Morgan fingerprint density at radius 2 is 1.57 bits per heavy atom. The number of hydrogen-bond donors (Lipinski definition) is 4. The van der Waals surface area contributed by atoms with Crippen LogP contribution in [0.25, 0.3) is 0 Å². The molecule has 0 bridgehead atoms. The van der Waals surface area contributed by atoms with Crippen molar-refractivity contribution in [3.63, 3.8) is 0 Å². The first-order valence-electron chi connectivity index (χ1n) is 10.5. The molecular formula is C21H34N6S. The molecule has 154 valence electrons. The van der Waals surface area contributed by atoms with E-state index in [1.54, 1.807) is 11.3 Å². The summed E-state index contributed by atoms with van der Waals surface area (Å²) in [5.41, 5.74) is 2.68. The van der Waals surface area contributed by atoms with Crippen molar-refractivity contribution in [3.8, 4) is 0 Å². The minimum atomic E-state index is 0.821. The van der Waals surface area contributed by atoms with E-state index in [-0.39, 0.29) is 0 Å². The van der Waals surface area contributed by atoms with E-state index in [0.717, 1.165) is 70.6 Å². The number of nitrogens with one attached hydrogen (secondary N) is 4. The van der Waals surface area contributed by atoms with Gasteiger partial charge in [-0.2, -0.15) is 0 Å². The molecule has 1 aromatic carbocycles. The van der Waals surface area contributed by atoms with E-state index < -0.39 is 0 Å². The number of anilines is 1. The highest BCUT2D eigenvalue weighted by molar-refractivity contribution is 7.13. The third kappa shape index (κ3) is 8.24. The third-order valence-corrected chi connectivity index (χ3v) is 5.65. The SMILES string of the molecule is c1csc(NCc2ccc(CN3CCCNCCNCCCNCC3)cc2)n1. The summed E-state index contributed by atoms with van der Waals surface area (Å²) in [6, 6.07) is 8.99. The summed E-state index contributed by atoms with van der Waals surface area (Å²) in [4.78, 5) is 6.84. The van der Waals surface area contributed by atoms with Crippen LogP contribution >= 0.6 is 11.3 Å². The predicted molar refractivity (Wildman–Crippen MR) is 119 cm³/mol. The maximum atomic E-state index is 4.27. The van der Waals surface area contributed by atoms with Crippen molar-refractivity contribution in [3.05, 3.63) is 47.0 Å². The van der Waals surface area contributed by atoms with Gasteiger partial charge in [0.2, 0.25) is 0 Å². The van der Waals surface area contributed by atoms with E-state index in [2.05, 4.69) is 55.4 Å². The summed E-state index contributed by atoms with van der Waals surface area (Å²) < 4.78 is 0. The number of aromatic nitrogens is 1. The van der Waals surface area contributed by atoms with Crippen molar-refractivity contribution < 1.29 is 0 Å². The summed E-state index contributed by atoms with van der Waals surface area (Å²) in [5, 5.41) is 16.9. The van der Waals surface area contributed by atoms with Crippen LogP contribution in [0.15, 0.2) is 35.8 Å². The fraction of sp³-hybridized carbons (Fsp3) is 0.571. The Morgan fingerprint density at radius 1 is 0.857 bits per heavy atom. The molecule has 3 rings (SSSR count). The molecule has 6 nitrogen and oxygen atoms in total. The lowest BCUT2D eigenvalue weighted by Crippen LogP contribution is -2.36. The molecule has 1 aromatic heterocycles. The second-order valence-corrected chi connectivity index (χ2v) is 8.14. The molecule has 0 radical (unpaired) electrons. The summed E-state index contributed by atoms with van der Waals surface area (Å²) >= 11 is 1.64. The van der Waals surface area contributed by atoms with Crippen molar-refractivity contribution in [2.24, 2.45) is 0 Å². The van der Waals surface area contributed by atoms with Crippen LogP contribution in [-0.2, 0) is 13.1 Å². The number of rotatable bonds is 5. The van der Waals surface area contributed by atoms with Crippen molar-refractivity contribution in [2.75, 3.05) is 57.7 Å². The molecule has 1 aliphatic rings. The molecule has 1 saturated heterocycles. The molecule has 0 aliphatic carbocycles. The Hall–Kier alpha value is -1.51. The zero-order valence-corrected chi connectivity index (χ0v) is 17.6. The van der Waals surface area contributed by atoms with Gasteiger partial charge in [0.15, 0.2) is 5.13 Å². The topological polar surface area (TPSA) is 64.2 Å². The normalized spacial score (nSPS) is 18.4. The molecule has 1 aliphatic heterocycles. The van der Waals surface area contributed by atoms with Crippen molar-refractivity contribution in [2.45, 2.75) is 25.9 Å². The third-order valence-electron chi connectivity index (χ3n) is 4.92. The second-order valence-electron chi connectivity index (χ2n) is 7.24. The number of benzene rings is 1. The Morgan fingerprint density at radius 3 is 2.32 bits per heavy atom. The molecule has 28 heavy (non-hydrogen) atoms. The minimum Gasteiger partial charge on any atom is -0.357 e. The van der Waals surface area contributed by atoms with Gasteiger partial charge in [-0.05, 0) is 50.1 Å². The molecule has 0 amide bonds. The zero-order valence-electron chi connectivity index (χ0n) is 16.8. The van der Waals surface area contributed by atoms with Crippen LogP contribution in [0.5, 0.6) is 0 Å². The van der Waals surface area contributed by atoms with Crippen LogP contribution in [0.3, 0.4) is 0 Å². The molecule has 7 heteroatoms. The largest absolute Gasteiger partial charge is 0.357 e. The Labute approximate surface area is 173 Å². The molecule has 0 unspecified atom stereocenters. The molecule has 2 aromatic rings. The van der Waals surface area contributed by atoms with Gasteiger partial charge in [0.25, 0.3) is 0 Å². The standard InChI is InChI=1S/C21H34N6S/c1-7-22-10-11-23-9-2-14-27(15-12-24-8-1)18-20-5-3-19(4-6-20)17-26-21-25-13-16-28-21/h3-6,13,16,22-24H,1-2,7-12,14-15,17-18H2,(H,25,26). The van der Waals surface area contributed by atoms with E-state index in [1.165, 1.54) is 24.0 Å². The van der Waals surface area contributed by atoms with Crippen LogP contribution in [-0.4, -0.2) is 62.2 Å². The van der Waals surface area contributed by atoms with Gasteiger partial charge in [-0.15, -0.1) is 11.3 Å². The Balaban J connectivity index is 1.46. The molecule has 1 fully saturated rings. The van der Waals surface area contributed by atoms with Crippen LogP contribution in [0, 0.1) is 0 Å². The van der Waals surface area contributed by atoms with Gasteiger partial charge in [-0.3, -0.25) is 4.90 Å². The lowest BCUT2D eigenvalue weighted by Gasteiger charge is -2.23. The summed E-state index contributed by atoms with van der Waals surface area (Å²) in [6.07, 6.45) is 4.21. The van der Waals surface area contributed by atoms with Crippen LogP contribution in [0.4, 0.5) is 5.13 Å². The van der Waals surface area contributed by atoms with Gasteiger partial charge < -0.3 is 21.3 Å². The van der Waals surface area contributed by atoms with E-state index in [4.69, 9.17) is 0 Å². The Kier molecular flexibility index (Phi) is 9.73. The van der Waals surface area contributed by atoms with Crippen molar-refractivity contribution in [1.82, 2.24) is 25.8 Å². The average molecular weight is 403 g/mol. The highest BCUT2D eigenvalue weighted by Gasteiger charge is 2.07. The maximum absolute atomic E-state index is 4.27. The average Bonchev–Trinajstić information content (AvgIpc) is 3.24. The van der Waals surface area contributed by atoms with Gasteiger partial charge in [0, 0.05) is 50.8 Å². The summed E-state index contributed by atoms with van der Waals surface area (Å²) in [5.74, 6) is 0. The van der Waals surface area contributed by atoms with Crippen LogP contribution in [0.1, 0.15) is 24.0 Å². The fourth-order valence-electron chi connectivity index (χ4n) is 3.33. The van der Waals surface area contributed by atoms with Gasteiger partial charge >= 0.3 is 0 Å². The highest BCUT2D eigenvalue weighted by Crippen LogP contribution is 2.13. The van der Waals surface area contributed by atoms with E-state index in [9.17, 15) is 0 Å². The quantitative estimate of drug-likeness (QED) is 0.615. The second kappa shape index (κ2) is 12.9. The molecular weight excluding hydrogens is 368 g/mol. The molecule has 4 N–H and O–H groups in total.